The standard InChI is InChI=1S/C74H50N2Si/c1-5-23-49(24-6-1)51-45-52(50-25-7-2-8-26-50)47-57(46-51)77(54-28-9-3-10-29-54,55-30-11-4-12-31-55)56-32-21-27-53(48-56)75-65-39-19-17-37-62(65)72-67(75)41-22-42-68(72)76-66-40-20-18-38-63(66)73-69(76)44-43-64-70-58-33-13-15-35-60(58)71(74(64)73)61-36-16-14-34-59(61)70/h1-48,70-71H. The average molecular weight is 995 g/mol. The molecule has 0 fully saturated rings. The minimum Gasteiger partial charge on any atom is -0.309 e. The molecule has 0 saturated carbocycles. The maximum Gasteiger partial charge on any atom is 0.179 e. The van der Waals surface area contributed by atoms with Crippen LogP contribution in [0, 0.1) is 0 Å². The number of benzene rings is 12. The Morgan fingerprint density at radius 3 is 1.31 bits per heavy atom. The molecule has 0 spiro atoms. The Morgan fingerprint density at radius 1 is 0.260 bits per heavy atom. The molecule has 14 aromatic rings. The summed E-state index contributed by atoms with van der Waals surface area (Å²) in [6.45, 7) is 0. The van der Waals surface area contributed by atoms with E-state index in [0.29, 0.717) is 0 Å². The van der Waals surface area contributed by atoms with E-state index in [4.69, 9.17) is 0 Å². The fraction of sp³-hybridized carbons (Fsp3) is 0.0270. The van der Waals surface area contributed by atoms with E-state index in [1.165, 1.54) is 126 Å². The fourth-order valence-corrected chi connectivity index (χ4v) is 19.0. The SMILES string of the molecule is c1ccc(-c2cc(-c3ccccc3)cc([Si](c3ccccc3)(c3ccccc3)c3cccc(-n4c5ccccc5c5c(-n6c7ccccc7c7c8c(ccc76)C6c7ccccc7C8c7ccccc76)cccc54)c3)c2)cc1. The monoisotopic (exact) mass is 994 g/mol. The molecule has 3 aliphatic carbocycles. The summed E-state index contributed by atoms with van der Waals surface area (Å²) in [6, 6.07) is 110. The molecule has 0 aliphatic heterocycles. The normalized spacial score (nSPS) is 14.5. The second-order valence-corrected chi connectivity index (χ2v) is 24.8. The molecular formula is C74H50N2Si. The van der Waals surface area contributed by atoms with Gasteiger partial charge in [0.05, 0.1) is 27.8 Å². The highest BCUT2D eigenvalue weighted by atomic mass is 28.3. The molecule has 0 atom stereocenters. The highest BCUT2D eigenvalue weighted by Gasteiger charge is 2.44. The van der Waals surface area contributed by atoms with Crippen molar-refractivity contribution in [3.8, 4) is 33.6 Å². The third kappa shape index (κ3) is 6.42. The van der Waals surface area contributed by atoms with E-state index >= 15 is 0 Å². The lowest BCUT2D eigenvalue weighted by Crippen LogP contribution is -2.74. The van der Waals surface area contributed by atoms with Gasteiger partial charge in [0.25, 0.3) is 0 Å². The predicted molar refractivity (Wildman–Crippen MR) is 324 cm³/mol. The second-order valence-electron chi connectivity index (χ2n) is 21.0. The highest BCUT2D eigenvalue weighted by Crippen LogP contribution is 2.58. The van der Waals surface area contributed by atoms with E-state index in [1.54, 1.807) is 0 Å². The van der Waals surface area contributed by atoms with Crippen molar-refractivity contribution < 1.29 is 0 Å². The summed E-state index contributed by atoms with van der Waals surface area (Å²) in [6.07, 6.45) is 0. The first-order valence-corrected chi connectivity index (χ1v) is 29.0. The summed E-state index contributed by atoms with van der Waals surface area (Å²) in [4.78, 5) is 0. The molecule has 3 aliphatic rings. The van der Waals surface area contributed by atoms with Crippen molar-refractivity contribution in [2.45, 2.75) is 11.8 Å². The van der Waals surface area contributed by atoms with Crippen molar-refractivity contribution in [3.05, 3.63) is 325 Å². The van der Waals surface area contributed by atoms with Gasteiger partial charge in [0.15, 0.2) is 8.07 Å². The zero-order chi connectivity index (χ0) is 50.6. The van der Waals surface area contributed by atoms with Gasteiger partial charge in [-0.05, 0) is 125 Å². The van der Waals surface area contributed by atoms with Crippen molar-refractivity contribution >= 4 is 72.4 Å². The molecule has 12 aromatic carbocycles. The van der Waals surface area contributed by atoms with Crippen LogP contribution in [0.2, 0.25) is 0 Å². The van der Waals surface area contributed by atoms with Crippen LogP contribution in [0.25, 0.3) is 77.2 Å². The van der Waals surface area contributed by atoms with Crippen molar-refractivity contribution in [2.75, 3.05) is 0 Å². The number of hydrogen-bond donors (Lipinski definition) is 0. The molecule has 77 heavy (non-hydrogen) atoms. The molecule has 0 amide bonds. The van der Waals surface area contributed by atoms with Gasteiger partial charge in [-0.15, -0.1) is 0 Å². The largest absolute Gasteiger partial charge is 0.309 e. The van der Waals surface area contributed by atoms with Crippen molar-refractivity contribution in [2.24, 2.45) is 0 Å². The van der Waals surface area contributed by atoms with Crippen LogP contribution in [-0.2, 0) is 0 Å². The van der Waals surface area contributed by atoms with Crippen LogP contribution in [0.15, 0.2) is 291 Å². The van der Waals surface area contributed by atoms with Gasteiger partial charge in [-0.1, -0.05) is 243 Å². The van der Waals surface area contributed by atoms with Crippen LogP contribution < -0.4 is 20.7 Å². The predicted octanol–water partition coefficient (Wildman–Crippen LogP) is 15.6. The van der Waals surface area contributed by atoms with Gasteiger partial charge in [0.1, 0.15) is 0 Å². The van der Waals surface area contributed by atoms with Crippen LogP contribution in [0.5, 0.6) is 0 Å². The molecule has 2 aromatic heterocycles. The molecule has 0 saturated heterocycles. The molecule has 2 heterocycles. The number of para-hydroxylation sites is 2. The van der Waals surface area contributed by atoms with Crippen LogP contribution in [0.3, 0.4) is 0 Å². The van der Waals surface area contributed by atoms with E-state index in [-0.39, 0.29) is 11.8 Å². The van der Waals surface area contributed by atoms with Gasteiger partial charge in [-0.25, -0.2) is 0 Å². The first-order valence-electron chi connectivity index (χ1n) is 27.0. The minimum atomic E-state index is -3.10. The van der Waals surface area contributed by atoms with E-state index in [9.17, 15) is 0 Å². The lowest BCUT2D eigenvalue weighted by molar-refractivity contribution is 0.761. The van der Waals surface area contributed by atoms with Crippen LogP contribution >= 0.6 is 0 Å². The van der Waals surface area contributed by atoms with E-state index in [0.717, 1.165) is 5.69 Å². The maximum absolute atomic E-state index is 3.10. The quantitative estimate of drug-likeness (QED) is 0.106. The maximum atomic E-state index is 2.58. The number of rotatable bonds is 8. The summed E-state index contributed by atoms with van der Waals surface area (Å²) in [5.74, 6) is 0.360. The van der Waals surface area contributed by atoms with Crippen molar-refractivity contribution in [1.29, 1.82) is 0 Å². The average Bonchev–Trinajstić information content (AvgIpc) is 4.05. The summed E-state index contributed by atoms with van der Waals surface area (Å²) in [5, 5.41) is 10.5. The van der Waals surface area contributed by atoms with Crippen molar-refractivity contribution in [3.63, 3.8) is 0 Å². The van der Waals surface area contributed by atoms with Gasteiger partial charge in [0, 0.05) is 39.1 Å². The Morgan fingerprint density at radius 2 is 0.714 bits per heavy atom. The Labute approximate surface area is 449 Å². The lowest BCUT2D eigenvalue weighted by atomic mass is 9.60. The van der Waals surface area contributed by atoms with Gasteiger partial charge < -0.3 is 9.13 Å². The summed E-state index contributed by atoms with van der Waals surface area (Å²) < 4.78 is 5.11. The minimum absolute atomic E-state index is 0.156. The van der Waals surface area contributed by atoms with E-state index in [1.807, 2.05) is 0 Å². The molecule has 3 heteroatoms. The van der Waals surface area contributed by atoms with Crippen LogP contribution in [-0.4, -0.2) is 17.2 Å². The third-order valence-electron chi connectivity index (χ3n) is 17.2. The topological polar surface area (TPSA) is 9.86 Å². The number of hydrogen-bond acceptors (Lipinski definition) is 0. The van der Waals surface area contributed by atoms with E-state index in [2.05, 4.69) is 300 Å². The summed E-state index contributed by atoms with van der Waals surface area (Å²) >= 11 is 0. The van der Waals surface area contributed by atoms with Crippen molar-refractivity contribution in [1.82, 2.24) is 9.13 Å². The molecule has 360 valence electrons. The zero-order valence-corrected chi connectivity index (χ0v) is 43.3. The summed E-state index contributed by atoms with van der Waals surface area (Å²) in [5.41, 5.74) is 20.6. The molecule has 2 bridgehead atoms. The number of nitrogens with zero attached hydrogens (tertiary/aromatic N) is 2. The molecule has 0 radical (unpaired) electrons. The Bertz CT molecular complexity index is 4480. The molecule has 0 N–H and O–H groups in total. The molecule has 17 rings (SSSR count). The lowest BCUT2D eigenvalue weighted by Gasteiger charge is -2.42. The second kappa shape index (κ2) is 17.3. The Hall–Kier alpha value is -9.54. The van der Waals surface area contributed by atoms with Crippen LogP contribution in [0.1, 0.15) is 45.2 Å². The first kappa shape index (κ1) is 43.8. The zero-order valence-electron chi connectivity index (χ0n) is 42.3. The third-order valence-corrected chi connectivity index (χ3v) is 21.9. The smallest absolute Gasteiger partial charge is 0.179 e. The van der Waals surface area contributed by atoms with Gasteiger partial charge in [0.2, 0.25) is 0 Å². The highest BCUT2D eigenvalue weighted by molar-refractivity contribution is 7.20. The fourth-order valence-electron chi connectivity index (χ4n) is 14.1. The molecule has 2 nitrogen and oxygen atoms in total. The number of aromatic nitrogens is 2. The Kier molecular flexibility index (Phi) is 9.82. The molecule has 0 unspecified atom stereocenters. The van der Waals surface area contributed by atoms with Gasteiger partial charge in [-0.3, -0.25) is 0 Å². The number of fused-ring (bicyclic) bond motifs is 6. The first-order chi connectivity index (χ1) is 38.2. The van der Waals surface area contributed by atoms with Crippen LogP contribution in [0.4, 0.5) is 0 Å². The van der Waals surface area contributed by atoms with Gasteiger partial charge >= 0.3 is 0 Å². The molecular weight excluding hydrogens is 945 g/mol. The Balaban J connectivity index is 0.948. The van der Waals surface area contributed by atoms with E-state index < -0.39 is 8.07 Å². The summed E-state index contributed by atoms with van der Waals surface area (Å²) in [7, 11) is -3.10. The van der Waals surface area contributed by atoms with Gasteiger partial charge in [-0.2, -0.15) is 0 Å².